The fraction of sp³-hybridized carbons (Fsp3) is 0.154. The first-order chi connectivity index (χ1) is 14.6. The molecular weight excluding hydrogens is 388 g/mol. The van der Waals surface area contributed by atoms with Crippen molar-refractivity contribution < 1.29 is 4.79 Å². The number of fused-ring (bicyclic) bond motifs is 1. The van der Waals surface area contributed by atoms with Gasteiger partial charge < -0.3 is 5.32 Å². The Kier molecular flexibility index (Phi) is 6.15. The lowest BCUT2D eigenvalue weighted by Crippen LogP contribution is -2.13. The molecule has 0 aliphatic carbocycles. The molecule has 3 aromatic carbocycles. The van der Waals surface area contributed by atoms with Crippen LogP contribution in [0.25, 0.3) is 10.9 Å². The predicted molar refractivity (Wildman–Crippen MR) is 126 cm³/mol. The van der Waals surface area contributed by atoms with Gasteiger partial charge >= 0.3 is 0 Å². The number of rotatable bonds is 6. The third kappa shape index (κ3) is 4.71. The maximum absolute atomic E-state index is 12.7. The van der Waals surface area contributed by atoms with Crippen LogP contribution < -0.4 is 5.32 Å². The summed E-state index contributed by atoms with van der Waals surface area (Å²) in [6.45, 7) is 4.25. The van der Waals surface area contributed by atoms with Gasteiger partial charge in [0.2, 0.25) is 0 Å². The first-order valence-electron chi connectivity index (χ1n) is 10.1. The highest BCUT2D eigenvalue weighted by molar-refractivity contribution is 7.98. The summed E-state index contributed by atoms with van der Waals surface area (Å²) in [5.41, 5.74) is 4.85. The number of nitrogens with one attached hydrogen (secondary N) is 1. The molecule has 0 spiro atoms. The number of carbonyl (C=O) groups is 1. The van der Waals surface area contributed by atoms with Crippen molar-refractivity contribution in [3.63, 3.8) is 0 Å². The molecule has 4 rings (SSSR count). The molecule has 30 heavy (non-hydrogen) atoms. The van der Waals surface area contributed by atoms with Gasteiger partial charge in [0, 0.05) is 22.4 Å². The Hall–Kier alpha value is -3.11. The van der Waals surface area contributed by atoms with Gasteiger partial charge in [-0.15, -0.1) is 11.8 Å². The van der Waals surface area contributed by atoms with Crippen molar-refractivity contribution in [2.75, 3.05) is 5.32 Å². The van der Waals surface area contributed by atoms with E-state index in [9.17, 15) is 4.79 Å². The van der Waals surface area contributed by atoms with Crippen molar-refractivity contribution in [1.82, 2.24) is 4.98 Å². The zero-order valence-corrected chi connectivity index (χ0v) is 17.9. The normalized spacial score (nSPS) is 11.0. The van der Waals surface area contributed by atoms with E-state index in [4.69, 9.17) is 4.98 Å². The molecule has 1 amide bonds. The molecule has 4 aromatic rings. The Morgan fingerprint density at radius 1 is 0.900 bits per heavy atom. The summed E-state index contributed by atoms with van der Waals surface area (Å²) in [6.07, 6.45) is 0. The largest absolute Gasteiger partial charge is 0.322 e. The van der Waals surface area contributed by atoms with Crippen molar-refractivity contribution in [1.29, 1.82) is 0 Å². The molecule has 150 valence electrons. The lowest BCUT2D eigenvalue weighted by atomic mass is 10.0. The fourth-order valence-electron chi connectivity index (χ4n) is 3.35. The quantitative estimate of drug-likeness (QED) is 0.350. The van der Waals surface area contributed by atoms with E-state index in [2.05, 4.69) is 43.4 Å². The number of benzene rings is 3. The van der Waals surface area contributed by atoms with Crippen LogP contribution in [0.4, 0.5) is 5.69 Å². The van der Waals surface area contributed by atoms with E-state index in [0.717, 1.165) is 38.5 Å². The number of carbonyl (C=O) groups excluding carboxylic acids is 1. The molecule has 0 bridgehead atoms. The molecule has 0 saturated heterocycles. The second kappa shape index (κ2) is 9.14. The summed E-state index contributed by atoms with van der Waals surface area (Å²) < 4.78 is 0. The third-order valence-corrected chi connectivity index (χ3v) is 6.01. The van der Waals surface area contributed by atoms with E-state index in [-0.39, 0.29) is 5.91 Å². The summed E-state index contributed by atoms with van der Waals surface area (Å²) >= 11 is 1.70. The molecule has 0 unspecified atom stereocenters. The standard InChI is InChI=1S/C26H24N2OS/c1-18(2)22-8-4-6-10-24(22)28-26(29)21-13-11-19(12-14-21)17-30-25-16-15-20-7-3-5-9-23(20)27-25/h3-16,18H,17H2,1-2H3,(H,28,29). The average Bonchev–Trinajstić information content (AvgIpc) is 2.78. The van der Waals surface area contributed by atoms with Gasteiger partial charge in [0.25, 0.3) is 5.91 Å². The second-order valence-electron chi connectivity index (χ2n) is 7.52. The molecule has 0 aliphatic rings. The Morgan fingerprint density at radius 2 is 1.63 bits per heavy atom. The molecule has 0 radical (unpaired) electrons. The van der Waals surface area contributed by atoms with Crippen molar-refractivity contribution in [2.45, 2.75) is 30.5 Å². The van der Waals surface area contributed by atoms with Gasteiger partial charge in [0.15, 0.2) is 0 Å². The van der Waals surface area contributed by atoms with Crippen LogP contribution >= 0.6 is 11.8 Å². The molecule has 1 heterocycles. The van der Waals surface area contributed by atoms with Crippen LogP contribution in [0, 0.1) is 0 Å². The molecule has 0 saturated carbocycles. The monoisotopic (exact) mass is 412 g/mol. The van der Waals surface area contributed by atoms with E-state index in [0.29, 0.717) is 11.5 Å². The molecule has 3 nitrogen and oxygen atoms in total. The number of hydrogen-bond acceptors (Lipinski definition) is 3. The number of para-hydroxylation sites is 2. The maximum Gasteiger partial charge on any atom is 0.255 e. The first kappa shape index (κ1) is 20.2. The third-order valence-electron chi connectivity index (χ3n) is 5.01. The lowest BCUT2D eigenvalue weighted by Gasteiger charge is -2.13. The molecule has 1 N–H and O–H groups in total. The summed E-state index contributed by atoms with van der Waals surface area (Å²) in [5.74, 6) is 1.08. The Morgan fingerprint density at radius 3 is 2.43 bits per heavy atom. The van der Waals surface area contributed by atoms with E-state index in [1.807, 2.05) is 60.7 Å². The van der Waals surface area contributed by atoms with Crippen molar-refractivity contribution in [3.05, 3.63) is 102 Å². The van der Waals surface area contributed by atoms with Crippen LogP contribution in [0.2, 0.25) is 0 Å². The topological polar surface area (TPSA) is 42.0 Å². The highest BCUT2D eigenvalue weighted by Gasteiger charge is 2.11. The van der Waals surface area contributed by atoms with Crippen molar-refractivity contribution >= 4 is 34.3 Å². The number of pyridine rings is 1. The number of anilines is 1. The van der Waals surface area contributed by atoms with E-state index < -0.39 is 0 Å². The second-order valence-corrected chi connectivity index (χ2v) is 8.52. The number of amides is 1. The minimum atomic E-state index is -0.0847. The highest BCUT2D eigenvalue weighted by Crippen LogP contribution is 2.25. The molecule has 1 aromatic heterocycles. The van der Waals surface area contributed by atoms with Crippen LogP contribution in [0.15, 0.2) is 90.0 Å². The molecule has 0 atom stereocenters. The molecule has 0 aliphatic heterocycles. The lowest BCUT2D eigenvalue weighted by molar-refractivity contribution is 0.102. The Balaban J connectivity index is 1.40. The van der Waals surface area contributed by atoms with Crippen molar-refractivity contribution in [3.8, 4) is 0 Å². The molecule has 4 heteroatoms. The van der Waals surface area contributed by atoms with Gasteiger partial charge in [-0.25, -0.2) is 4.98 Å². The van der Waals surface area contributed by atoms with Crippen LogP contribution in [0.5, 0.6) is 0 Å². The summed E-state index contributed by atoms with van der Waals surface area (Å²) in [6, 6.07) is 28.0. The van der Waals surface area contributed by atoms with Gasteiger partial charge in [-0.1, -0.05) is 68.4 Å². The smallest absolute Gasteiger partial charge is 0.255 e. The highest BCUT2D eigenvalue weighted by atomic mass is 32.2. The number of aromatic nitrogens is 1. The van der Waals surface area contributed by atoms with Crippen LogP contribution in [0.1, 0.15) is 41.3 Å². The zero-order chi connectivity index (χ0) is 20.9. The molecule has 0 fully saturated rings. The Labute approximate surface area is 181 Å². The van der Waals surface area contributed by atoms with Gasteiger partial charge in [-0.2, -0.15) is 0 Å². The van der Waals surface area contributed by atoms with Gasteiger partial charge in [-0.3, -0.25) is 4.79 Å². The van der Waals surface area contributed by atoms with E-state index in [1.54, 1.807) is 11.8 Å². The fourth-order valence-corrected chi connectivity index (χ4v) is 4.18. The van der Waals surface area contributed by atoms with Crippen LogP contribution in [-0.4, -0.2) is 10.9 Å². The number of nitrogens with zero attached hydrogens (tertiary/aromatic N) is 1. The average molecular weight is 413 g/mol. The van der Waals surface area contributed by atoms with Gasteiger partial charge in [0.1, 0.15) is 0 Å². The Bertz CT molecular complexity index is 1170. The zero-order valence-electron chi connectivity index (χ0n) is 17.1. The summed E-state index contributed by atoms with van der Waals surface area (Å²) in [7, 11) is 0. The van der Waals surface area contributed by atoms with E-state index in [1.165, 1.54) is 0 Å². The van der Waals surface area contributed by atoms with Gasteiger partial charge in [0.05, 0.1) is 10.5 Å². The van der Waals surface area contributed by atoms with Gasteiger partial charge in [-0.05, 0) is 47.4 Å². The minimum Gasteiger partial charge on any atom is -0.322 e. The summed E-state index contributed by atoms with van der Waals surface area (Å²) in [4.78, 5) is 17.4. The molecular formula is C26H24N2OS. The van der Waals surface area contributed by atoms with E-state index >= 15 is 0 Å². The minimum absolute atomic E-state index is 0.0847. The van der Waals surface area contributed by atoms with Crippen LogP contribution in [0.3, 0.4) is 0 Å². The summed E-state index contributed by atoms with van der Waals surface area (Å²) in [5, 5.41) is 5.20. The first-order valence-corrected chi connectivity index (χ1v) is 11.1. The van der Waals surface area contributed by atoms with Crippen molar-refractivity contribution in [2.24, 2.45) is 0 Å². The van der Waals surface area contributed by atoms with Crippen LogP contribution in [-0.2, 0) is 5.75 Å². The SMILES string of the molecule is CC(C)c1ccccc1NC(=O)c1ccc(CSc2ccc3ccccc3n2)cc1. The predicted octanol–water partition coefficient (Wildman–Crippen LogP) is 6.90. The number of thioether (sulfide) groups is 1. The number of hydrogen-bond donors (Lipinski definition) is 1. The maximum atomic E-state index is 12.7.